The Bertz CT molecular complexity index is 423. The Hall–Kier alpha value is -1.36. The molecule has 0 saturated heterocycles. The van der Waals surface area contributed by atoms with Crippen molar-refractivity contribution in [1.82, 2.24) is 9.97 Å². The largest absolute Gasteiger partial charge is 0.346 e. The van der Waals surface area contributed by atoms with Gasteiger partial charge in [-0.1, -0.05) is 0 Å². The number of nitrogens with zero attached hydrogens (tertiary/aromatic N) is 4. The summed E-state index contributed by atoms with van der Waals surface area (Å²) in [6, 6.07) is -0.228. The molecule has 2 heterocycles. The molecule has 1 aromatic rings. The van der Waals surface area contributed by atoms with Crippen molar-refractivity contribution in [2.45, 2.75) is 13.0 Å². The fourth-order valence-corrected chi connectivity index (χ4v) is 1.72. The van der Waals surface area contributed by atoms with E-state index < -0.39 is 0 Å². The standard InChI is InChI=1S/C9H11ClN4O/c1-5-8(15)14(3)6-4-11-9(10)12-7(6)13(5)2/h4-5H,1-3H3. The number of fused-ring (bicyclic) bond motifs is 1. The minimum absolute atomic E-state index is 0.0240. The van der Waals surface area contributed by atoms with Crippen LogP contribution < -0.4 is 9.80 Å². The number of hydrogen-bond donors (Lipinski definition) is 0. The molecule has 0 spiro atoms. The Kier molecular flexibility index (Phi) is 2.26. The smallest absolute Gasteiger partial charge is 0.249 e. The maximum Gasteiger partial charge on any atom is 0.249 e. The summed E-state index contributed by atoms with van der Waals surface area (Å²) in [5, 5.41) is 0.190. The number of aromatic nitrogens is 2. The molecule has 0 aliphatic carbocycles. The SMILES string of the molecule is CC1C(=O)N(C)c2cnc(Cl)nc2N1C. The third-order valence-corrected chi connectivity index (χ3v) is 2.87. The van der Waals surface area contributed by atoms with Crippen molar-refractivity contribution in [3.8, 4) is 0 Å². The molecule has 2 rings (SSSR count). The molecule has 0 aromatic carbocycles. The van der Waals surface area contributed by atoms with Crippen LogP contribution in [0, 0.1) is 0 Å². The van der Waals surface area contributed by atoms with Crippen LogP contribution in [0.4, 0.5) is 11.5 Å². The van der Waals surface area contributed by atoms with Gasteiger partial charge in [0.25, 0.3) is 0 Å². The Labute approximate surface area is 92.7 Å². The fraction of sp³-hybridized carbons (Fsp3) is 0.444. The molecule has 1 atom stereocenters. The van der Waals surface area contributed by atoms with Gasteiger partial charge in [0, 0.05) is 14.1 Å². The van der Waals surface area contributed by atoms with Crippen LogP contribution in [0.1, 0.15) is 6.92 Å². The third-order valence-electron chi connectivity index (χ3n) is 2.68. The van der Waals surface area contributed by atoms with Crippen molar-refractivity contribution < 1.29 is 4.79 Å². The van der Waals surface area contributed by atoms with E-state index in [4.69, 9.17) is 11.6 Å². The van der Waals surface area contributed by atoms with Gasteiger partial charge in [-0.15, -0.1) is 0 Å². The summed E-state index contributed by atoms with van der Waals surface area (Å²) in [5.74, 6) is 0.709. The van der Waals surface area contributed by atoms with E-state index in [2.05, 4.69) is 9.97 Å². The summed E-state index contributed by atoms with van der Waals surface area (Å²) >= 11 is 5.72. The molecule has 0 bridgehead atoms. The zero-order chi connectivity index (χ0) is 11.2. The Morgan fingerprint density at radius 1 is 1.47 bits per heavy atom. The number of anilines is 2. The normalized spacial score (nSPS) is 20.5. The first-order valence-corrected chi connectivity index (χ1v) is 4.93. The van der Waals surface area contributed by atoms with Crippen LogP contribution in [-0.4, -0.2) is 36.0 Å². The molecule has 1 amide bonds. The first-order chi connectivity index (χ1) is 7.02. The molecule has 0 radical (unpaired) electrons. The van der Waals surface area contributed by atoms with E-state index >= 15 is 0 Å². The Balaban J connectivity index is 2.58. The highest BCUT2D eigenvalue weighted by atomic mass is 35.5. The number of amides is 1. The summed E-state index contributed by atoms with van der Waals surface area (Å²) in [6.45, 7) is 1.83. The summed E-state index contributed by atoms with van der Waals surface area (Å²) in [6.07, 6.45) is 1.56. The van der Waals surface area contributed by atoms with Crippen LogP contribution in [0.5, 0.6) is 0 Å². The number of rotatable bonds is 0. The lowest BCUT2D eigenvalue weighted by atomic mass is 10.2. The second-order valence-electron chi connectivity index (χ2n) is 3.53. The summed E-state index contributed by atoms with van der Waals surface area (Å²) < 4.78 is 0. The predicted octanol–water partition coefficient (Wildman–Crippen LogP) is 0.931. The van der Waals surface area contributed by atoms with Crippen LogP contribution >= 0.6 is 11.6 Å². The van der Waals surface area contributed by atoms with Gasteiger partial charge in [0.05, 0.1) is 6.20 Å². The van der Waals surface area contributed by atoms with Crippen LogP contribution in [0.15, 0.2) is 6.20 Å². The highest BCUT2D eigenvalue weighted by Gasteiger charge is 2.32. The number of likely N-dealkylation sites (N-methyl/N-ethyl adjacent to an activating group) is 2. The molecule has 15 heavy (non-hydrogen) atoms. The second-order valence-corrected chi connectivity index (χ2v) is 3.87. The van der Waals surface area contributed by atoms with Crippen molar-refractivity contribution in [2.75, 3.05) is 23.9 Å². The van der Waals surface area contributed by atoms with Gasteiger partial charge in [-0.25, -0.2) is 4.98 Å². The highest BCUT2D eigenvalue weighted by Crippen LogP contribution is 2.32. The van der Waals surface area contributed by atoms with Gasteiger partial charge in [-0.3, -0.25) is 4.79 Å². The van der Waals surface area contributed by atoms with Crippen LogP contribution in [0.3, 0.4) is 0 Å². The molecule has 1 aliphatic rings. The fourth-order valence-electron chi connectivity index (χ4n) is 1.59. The predicted molar refractivity (Wildman–Crippen MR) is 58.3 cm³/mol. The van der Waals surface area contributed by atoms with Crippen molar-refractivity contribution in [2.24, 2.45) is 0 Å². The number of hydrogen-bond acceptors (Lipinski definition) is 4. The van der Waals surface area contributed by atoms with Crippen LogP contribution in [-0.2, 0) is 4.79 Å². The van der Waals surface area contributed by atoms with E-state index in [1.54, 1.807) is 23.0 Å². The lowest BCUT2D eigenvalue weighted by Crippen LogP contribution is -2.49. The molecule has 1 aromatic heterocycles. The van der Waals surface area contributed by atoms with Gasteiger partial charge in [0.2, 0.25) is 11.2 Å². The van der Waals surface area contributed by atoms with Crippen molar-refractivity contribution in [3.63, 3.8) is 0 Å². The van der Waals surface area contributed by atoms with E-state index in [9.17, 15) is 4.79 Å². The summed E-state index contributed by atoms with van der Waals surface area (Å²) in [4.78, 5) is 23.1. The number of carbonyl (C=O) groups is 1. The quantitative estimate of drug-likeness (QED) is 0.618. The zero-order valence-corrected chi connectivity index (χ0v) is 9.49. The van der Waals surface area contributed by atoms with E-state index in [0.29, 0.717) is 11.5 Å². The van der Waals surface area contributed by atoms with Gasteiger partial charge in [-0.2, -0.15) is 4.98 Å². The highest BCUT2D eigenvalue weighted by molar-refractivity contribution is 6.28. The van der Waals surface area contributed by atoms with E-state index in [1.807, 2.05) is 14.0 Å². The summed E-state index contributed by atoms with van der Waals surface area (Å²) in [5.41, 5.74) is 0.685. The van der Waals surface area contributed by atoms with Gasteiger partial charge in [0.15, 0.2) is 5.82 Å². The minimum Gasteiger partial charge on any atom is -0.346 e. The molecule has 0 fully saturated rings. The van der Waals surface area contributed by atoms with Gasteiger partial charge in [-0.05, 0) is 18.5 Å². The van der Waals surface area contributed by atoms with Gasteiger partial charge < -0.3 is 9.80 Å². The molecule has 6 heteroatoms. The lowest BCUT2D eigenvalue weighted by molar-refractivity contribution is -0.119. The molecule has 1 aliphatic heterocycles. The molecule has 80 valence electrons. The second kappa shape index (κ2) is 3.34. The molecule has 5 nitrogen and oxygen atoms in total. The number of carbonyl (C=O) groups excluding carboxylic acids is 1. The van der Waals surface area contributed by atoms with Crippen molar-refractivity contribution in [1.29, 1.82) is 0 Å². The molecule has 0 N–H and O–H groups in total. The molecular formula is C9H11ClN4O. The van der Waals surface area contributed by atoms with E-state index in [1.165, 1.54) is 0 Å². The van der Waals surface area contributed by atoms with Crippen LogP contribution in [0.25, 0.3) is 0 Å². The first-order valence-electron chi connectivity index (χ1n) is 4.55. The van der Waals surface area contributed by atoms with E-state index in [-0.39, 0.29) is 17.2 Å². The third kappa shape index (κ3) is 1.43. The van der Waals surface area contributed by atoms with Gasteiger partial charge >= 0.3 is 0 Å². The van der Waals surface area contributed by atoms with Gasteiger partial charge in [0.1, 0.15) is 11.7 Å². The maximum absolute atomic E-state index is 11.8. The molecular weight excluding hydrogens is 216 g/mol. The minimum atomic E-state index is -0.228. The zero-order valence-electron chi connectivity index (χ0n) is 8.73. The monoisotopic (exact) mass is 226 g/mol. The average molecular weight is 227 g/mol. The topological polar surface area (TPSA) is 49.3 Å². The summed E-state index contributed by atoms with van der Waals surface area (Å²) in [7, 11) is 3.53. The number of halogens is 1. The lowest BCUT2D eigenvalue weighted by Gasteiger charge is -2.36. The van der Waals surface area contributed by atoms with Crippen molar-refractivity contribution >= 4 is 29.0 Å². The Morgan fingerprint density at radius 3 is 2.80 bits per heavy atom. The molecule has 0 saturated carbocycles. The van der Waals surface area contributed by atoms with E-state index in [0.717, 1.165) is 0 Å². The molecule has 1 unspecified atom stereocenters. The maximum atomic E-state index is 11.8. The Morgan fingerprint density at radius 2 is 2.13 bits per heavy atom. The average Bonchev–Trinajstić information content (AvgIpc) is 2.23. The van der Waals surface area contributed by atoms with Crippen LogP contribution in [0.2, 0.25) is 5.28 Å². The first kappa shape index (κ1) is 10.2. The van der Waals surface area contributed by atoms with Crippen molar-refractivity contribution in [3.05, 3.63) is 11.5 Å².